The summed E-state index contributed by atoms with van der Waals surface area (Å²) in [5.41, 5.74) is 3.00. The summed E-state index contributed by atoms with van der Waals surface area (Å²) in [7, 11) is 1.75. The lowest BCUT2D eigenvalue weighted by molar-refractivity contribution is -0.261. The topological polar surface area (TPSA) is 50.8 Å². The molecule has 2 saturated carbocycles. The first-order valence-corrected chi connectivity index (χ1v) is 13.0. The average Bonchev–Trinajstić information content (AvgIpc) is 3.70. The van der Waals surface area contributed by atoms with Crippen LogP contribution in [0.1, 0.15) is 60.0 Å². The summed E-state index contributed by atoms with van der Waals surface area (Å²) in [5.74, 6) is 1.81. The predicted molar refractivity (Wildman–Crippen MR) is 130 cm³/mol. The minimum Gasteiger partial charge on any atom is -0.497 e. The number of fused-ring (bicyclic) bond motifs is 3. The molecule has 8 rings (SSSR count). The van der Waals surface area contributed by atoms with Gasteiger partial charge in [0.15, 0.2) is 0 Å². The fourth-order valence-corrected chi connectivity index (χ4v) is 7.91. The largest absolute Gasteiger partial charge is 0.497 e. The molecule has 4 bridgehead atoms. The molecule has 3 aliphatic carbocycles. The van der Waals surface area contributed by atoms with Crippen LogP contribution in [0.4, 0.5) is 0 Å². The molecule has 5 fully saturated rings. The highest BCUT2D eigenvalue weighted by Crippen LogP contribution is 2.65. The van der Waals surface area contributed by atoms with Gasteiger partial charge in [0.05, 0.1) is 24.9 Å². The highest BCUT2D eigenvalue weighted by Gasteiger charge is 2.71. The number of rotatable bonds is 5. The molecule has 1 N–H and O–H groups in total. The Morgan fingerprint density at radius 2 is 2.00 bits per heavy atom. The van der Waals surface area contributed by atoms with Crippen LogP contribution in [0.25, 0.3) is 0 Å². The molecule has 178 valence electrons. The molecule has 5 heteroatoms. The van der Waals surface area contributed by atoms with Crippen LogP contribution in [0.5, 0.6) is 5.75 Å². The summed E-state index contributed by atoms with van der Waals surface area (Å²) < 4.78 is 12.7. The van der Waals surface area contributed by atoms with Gasteiger partial charge in [-0.3, -0.25) is 9.69 Å². The van der Waals surface area contributed by atoms with Gasteiger partial charge in [0.2, 0.25) is 0 Å². The van der Waals surface area contributed by atoms with Gasteiger partial charge in [-0.05, 0) is 92.8 Å². The minimum absolute atomic E-state index is 0.0133. The van der Waals surface area contributed by atoms with E-state index in [1.165, 1.54) is 30.5 Å². The number of hydrogen-bond donors (Lipinski definition) is 1. The van der Waals surface area contributed by atoms with Crippen molar-refractivity contribution in [2.45, 2.75) is 67.5 Å². The van der Waals surface area contributed by atoms with E-state index < -0.39 is 0 Å². The van der Waals surface area contributed by atoms with Crippen molar-refractivity contribution in [2.75, 3.05) is 26.8 Å². The molecule has 2 aromatic rings. The number of likely N-dealkylation sites (tertiary alicyclic amines) is 1. The smallest absolute Gasteiger partial charge is 0.251 e. The van der Waals surface area contributed by atoms with E-state index in [1.807, 2.05) is 30.3 Å². The standard InChI is InChI=1S/C29H34N2O3/c1-33-23-10-9-22-15-25-29-12-11-27(19-34-29,30-26(32)21-5-3-2-4-6-21)18-28(29,24(22)16-23)13-14-31(25)17-20-7-8-20/h2-6,9-10,16,20,25H,7-8,11-15,17-19H2,1H3,(H,30,32)/t25-,27+,28-,29-/m1/s1. The van der Waals surface area contributed by atoms with Crippen molar-refractivity contribution in [3.8, 4) is 5.75 Å². The Hall–Kier alpha value is -2.37. The Balaban J connectivity index is 1.30. The molecule has 5 nitrogen and oxygen atoms in total. The monoisotopic (exact) mass is 458 g/mol. The molecule has 3 aliphatic heterocycles. The third-order valence-corrected chi connectivity index (χ3v) is 9.69. The fraction of sp³-hybridized carbons (Fsp3) is 0.552. The van der Waals surface area contributed by atoms with Gasteiger partial charge < -0.3 is 14.8 Å². The van der Waals surface area contributed by atoms with E-state index in [0.717, 1.165) is 55.9 Å². The molecule has 0 unspecified atom stereocenters. The molecule has 3 heterocycles. The Kier molecular flexibility index (Phi) is 4.51. The fourth-order valence-electron chi connectivity index (χ4n) is 7.91. The highest BCUT2D eigenvalue weighted by atomic mass is 16.5. The molecule has 34 heavy (non-hydrogen) atoms. The quantitative estimate of drug-likeness (QED) is 0.733. The van der Waals surface area contributed by atoms with Crippen molar-refractivity contribution in [3.05, 3.63) is 65.2 Å². The molecule has 0 aromatic heterocycles. The van der Waals surface area contributed by atoms with E-state index in [-0.39, 0.29) is 22.5 Å². The summed E-state index contributed by atoms with van der Waals surface area (Å²) in [5, 5.41) is 3.47. The van der Waals surface area contributed by atoms with Crippen LogP contribution in [0.15, 0.2) is 48.5 Å². The van der Waals surface area contributed by atoms with Crippen LogP contribution in [-0.2, 0) is 16.6 Å². The van der Waals surface area contributed by atoms with Crippen molar-refractivity contribution in [2.24, 2.45) is 5.92 Å². The molecule has 6 aliphatic rings. The third kappa shape index (κ3) is 2.89. The number of piperidine rings is 1. The second-order valence-electron chi connectivity index (χ2n) is 11.5. The summed E-state index contributed by atoms with van der Waals surface area (Å²) >= 11 is 0. The number of hydrogen-bond acceptors (Lipinski definition) is 4. The van der Waals surface area contributed by atoms with Crippen molar-refractivity contribution in [1.82, 2.24) is 10.2 Å². The van der Waals surface area contributed by atoms with Crippen molar-refractivity contribution < 1.29 is 14.3 Å². The molecule has 4 atom stereocenters. The molecule has 2 aromatic carbocycles. The zero-order valence-corrected chi connectivity index (χ0v) is 20.0. The summed E-state index contributed by atoms with van der Waals surface area (Å²) in [6.07, 6.45) is 7.84. The number of nitrogens with one attached hydrogen (secondary N) is 1. The van der Waals surface area contributed by atoms with Gasteiger partial charge in [0.25, 0.3) is 5.91 Å². The first kappa shape index (κ1) is 21.0. The van der Waals surface area contributed by atoms with Crippen LogP contribution in [-0.4, -0.2) is 54.8 Å². The number of benzene rings is 2. The zero-order valence-electron chi connectivity index (χ0n) is 20.0. The first-order chi connectivity index (χ1) is 16.6. The van der Waals surface area contributed by atoms with Gasteiger partial charge in [-0.15, -0.1) is 0 Å². The van der Waals surface area contributed by atoms with Gasteiger partial charge in [0, 0.05) is 23.6 Å². The number of ether oxygens (including phenoxy) is 2. The van der Waals surface area contributed by atoms with Gasteiger partial charge in [-0.25, -0.2) is 0 Å². The summed E-state index contributed by atoms with van der Waals surface area (Å²) in [6, 6.07) is 16.7. The van der Waals surface area contributed by atoms with E-state index in [1.54, 1.807) is 7.11 Å². The number of methoxy groups -OCH3 is 1. The number of amides is 1. The lowest BCUT2D eigenvalue weighted by atomic mass is 9.45. The predicted octanol–water partition coefficient (Wildman–Crippen LogP) is 4.10. The molecule has 0 radical (unpaired) electrons. The molecule has 1 spiro atoms. The van der Waals surface area contributed by atoms with E-state index in [9.17, 15) is 4.79 Å². The lowest BCUT2D eigenvalue weighted by Crippen LogP contribution is -2.81. The maximum absolute atomic E-state index is 13.3. The van der Waals surface area contributed by atoms with Crippen LogP contribution < -0.4 is 10.1 Å². The summed E-state index contributed by atoms with van der Waals surface area (Å²) in [4.78, 5) is 16.0. The Labute approximate surface area is 201 Å². The van der Waals surface area contributed by atoms with E-state index >= 15 is 0 Å². The second-order valence-corrected chi connectivity index (χ2v) is 11.5. The lowest BCUT2D eigenvalue weighted by Gasteiger charge is -2.71. The first-order valence-electron chi connectivity index (χ1n) is 13.0. The number of carbonyl (C=O) groups excluding carboxylic acids is 1. The molecular formula is C29H34N2O3. The SMILES string of the molecule is COc1ccc2c(c1)[C@]13CCN(CC4CC4)[C@H](C2)[C@]12CC[C@@](NC(=O)c1ccccc1)(CO2)C3. The summed E-state index contributed by atoms with van der Waals surface area (Å²) in [6.45, 7) is 2.94. The molecule has 3 saturated heterocycles. The Bertz CT molecular complexity index is 1120. The van der Waals surface area contributed by atoms with Crippen LogP contribution >= 0.6 is 0 Å². The number of nitrogens with zero attached hydrogens (tertiary/aromatic N) is 1. The number of carbonyl (C=O) groups is 1. The maximum atomic E-state index is 13.3. The molecule has 1 amide bonds. The third-order valence-electron chi connectivity index (χ3n) is 9.69. The van der Waals surface area contributed by atoms with Crippen LogP contribution in [0, 0.1) is 5.92 Å². The van der Waals surface area contributed by atoms with E-state index in [4.69, 9.17) is 9.47 Å². The van der Waals surface area contributed by atoms with Gasteiger partial charge in [-0.1, -0.05) is 24.3 Å². The minimum atomic E-state index is -0.324. The van der Waals surface area contributed by atoms with E-state index in [0.29, 0.717) is 12.6 Å². The Morgan fingerprint density at radius 3 is 2.74 bits per heavy atom. The maximum Gasteiger partial charge on any atom is 0.251 e. The van der Waals surface area contributed by atoms with Gasteiger partial charge in [0.1, 0.15) is 5.75 Å². The van der Waals surface area contributed by atoms with Crippen molar-refractivity contribution in [1.29, 1.82) is 0 Å². The average molecular weight is 459 g/mol. The normalized spacial score (nSPS) is 35.9. The van der Waals surface area contributed by atoms with Crippen LogP contribution in [0.2, 0.25) is 0 Å². The van der Waals surface area contributed by atoms with E-state index in [2.05, 4.69) is 28.4 Å². The zero-order chi connectivity index (χ0) is 23.0. The van der Waals surface area contributed by atoms with Crippen molar-refractivity contribution in [3.63, 3.8) is 0 Å². The second kappa shape index (κ2) is 7.32. The van der Waals surface area contributed by atoms with Crippen LogP contribution in [0.3, 0.4) is 0 Å². The highest BCUT2D eigenvalue weighted by molar-refractivity contribution is 5.94. The van der Waals surface area contributed by atoms with Gasteiger partial charge >= 0.3 is 0 Å². The van der Waals surface area contributed by atoms with Crippen molar-refractivity contribution >= 4 is 5.91 Å². The Morgan fingerprint density at radius 1 is 1.15 bits per heavy atom. The van der Waals surface area contributed by atoms with Gasteiger partial charge in [-0.2, -0.15) is 0 Å². The molecular weight excluding hydrogens is 424 g/mol.